The summed E-state index contributed by atoms with van der Waals surface area (Å²) in [7, 11) is 0. The molecular weight excluding hydrogens is 465 g/mol. The van der Waals surface area contributed by atoms with E-state index in [4.69, 9.17) is 11.6 Å². The molecule has 0 aliphatic carbocycles. The van der Waals surface area contributed by atoms with E-state index in [1.54, 1.807) is 18.2 Å². The van der Waals surface area contributed by atoms with E-state index in [0.717, 1.165) is 45.4 Å². The standard InChI is InChI=1S/C24H19ClFN3O3S/c1-14-10-16(15(2)29(14)20-8-6-17(25)7-9-20)11-21-23(31)28(24(32)33-21)13-22(30)27-19-5-3-4-18(26)12-19/h3-12H,13H2,1-2H3,(H,27,30)/b21-11-. The van der Waals surface area contributed by atoms with E-state index in [1.807, 2.05) is 36.6 Å². The summed E-state index contributed by atoms with van der Waals surface area (Å²) in [5.41, 5.74) is 3.81. The lowest BCUT2D eigenvalue weighted by atomic mass is 10.2. The normalized spacial score (nSPS) is 14.9. The van der Waals surface area contributed by atoms with Crippen molar-refractivity contribution >= 4 is 52.2 Å². The van der Waals surface area contributed by atoms with Crippen molar-refractivity contribution in [2.75, 3.05) is 11.9 Å². The van der Waals surface area contributed by atoms with Crippen LogP contribution in [0.15, 0.2) is 59.5 Å². The van der Waals surface area contributed by atoms with Crippen LogP contribution in [0.1, 0.15) is 17.0 Å². The van der Waals surface area contributed by atoms with Crippen LogP contribution in [-0.4, -0.2) is 33.1 Å². The van der Waals surface area contributed by atoms with Gasteiger partial charge in [-0.25, -0.2) is 4.39 Å². The molecule has 0 saturated carbocycles. The zero-order chi connectivity index (χ0) is 23.7. The topological polar surface area (TPSA) is 71.4 Å². The molecule has 6 nitrogen and oxygen atoms in total. The van der Waals surface area contributed by atoms with Crippen LogP contribution >= 0.6 is 23.4 Å². The highest BCUT2D eigenvalue weighted by Crippen LogP contribution is 2.33. The maximum atomic E-state index is 13.3. The molecule has 0 atom stereocenters. The number of anilines is 1. The van der Waals surface area contributed by atoms with Gasteiger partial charge >= 0.3 is 0 Å². The van der Waals surface area contributed by atoms with E-state index < -0.39 is 29.4 Å². The Balaban J connectivity index is 1.53. The summed E-state index contributed by atoms with van der Waals surface area (Å²) in [6.45, 7) is 3.41. The summed E-state index contributed by atoms with van der Waals surface area (Å²) in [4.78, 5) is 38.6. The Morgan fingerprint density at radius 3 is 2.55 bits per heavy atom. The van der Waals surface area contributed by atoms with Gasteiger partial charge in [-0.15, -0.1) is 0 Å². The van der Waals surface area contributed by atoms with Gasteiger partial charge in [0.25, 0.3) is 11.1 Å². The fourth-order valence-corrected chi connectivity index (χ4v) is 4.56. The SMILES string of the molecule is Cc1cc(/C=C2\SC(=O)N(CC(=O)Nc3cccc(F)c3)C2=O)c(C)n1-c1ccc(Cl)cc1. The quantitative estimate of drug-likeness (QED) is 0.482. The van der Waals surface area contributed by atoms with E-state index in [-0.39, 0.29) is 10.6 Å². The smallest absolute Gasteiger partial charge is 0.294 e. The molecule has 1 N–H and O–H groups in total. The number of halogens is 2. The second-order valence-electron chi connectivity index (χ2n) is 7.46. The number of hydrogen-bond donors (Lipinski definition) is 1. The highest BCUT2D eigenvalue weighted by Gasteiger charge is 2.36. The molecule has 33 heavy (non-hydrogen) atoms. The Labute approximate surface area is 199 Å². The number of benzene rings is 2. The zero-order valence-electron chi connectivity index (χ0n) is 17.8. The van der Waals surface area contributed by atoms with Gasteiger partial charge in [0.15, 0.2) is 0 Å². The van der Waals surface area contributed by atoms with Gasteiger partial charge in [-0.3, -0.25) is 19.3 Å². The third-order valence-electron chi connectivity index (χ3n) is 5.13. The average Bonchev–Trinajstić information content (AvgIpc) is 3.18. The first-order valence-corrected chi connectivity index (χ1v) is 11.2. The van der Waals surface area contributed by atoms with Crippen LogP contribution in [0.25, 0.3) is 11.8 Å². The van der Waals surface area contributed by atoms with Crippen molar-refractivity contribution in [2.24, 2.45) is 0 Å². The number of nitrogens with zero attached hydrogens (tertiary/aromatic N) is 2. The molecule has 3 aromatic rings. The molecule has 1 saturated heterocycles. The van der Waals surface area contributed by atoms with Gasteiger partial charge in [0.2, 0.25) is 5.91 Å². The molecular formula is C24H19ClFN3O3S. The molecule has 0 bridgehead atoms. The maximum Gasteiger partial charge on any atom is 0.294 e. The lowest BCUT2D eigenvalue weighted by Crippen LogP contribution is -2.36. The number of imide groups is 1. The van der Waals surface area contributed by atoms with Crippen molar-refractivity contribution in [3.8, 4) is 5.69 Å². The molecule has 1 aliphatic heterocycles. The second-order valence-corrected chi connectivity index (χ2v) is 8.89. The fourth-order valence-electron chi connectivity index (χ4n) is 3.61. The molecule has 0 unspecified atom stereocenters. The number of nitrogens with one attached hydrogen (secondary N) is 1. The number of carbonyl (C=O) groups excluding carboxylic acids is 3. The van der Waals surface area contributed by atoms with Crippen LogP contribution in [0.3, 0.4) is 0 Å². The van der Waals surface area contributed by atoms with Crippen LogP contribution in [-0.2, 0) is 9.59 Å². The minimum Gasteiger partial charge on any atom is -0.324 e. The Kier molecular flexibility index (Phi) is 6.40. The number of aryl methyl sites for hydroxylation is 1. The van der Waals surface area contributed by atoms with Gasteiger partial charge in [0.1, 0.15) is 12.4 Å². The summed E-state index contributed by atoms with van der Waals surface area (Å²) in [5, 5.41) is 2.59. The Bertz CT molecular complexity index is 1300. The van der Waals surface area contributed by atoms with Crippen molar-refractivity contribution in [3.05, 3.63) is 87.3 Å². The van der Waals surface area contributed by atoms with Crippen LogP contribution in [0, 0.1) is 19.7 Å². The second kappa shape index (κ2) is 9.25. The fraction of sp³-hybridized carbons (Fsp3) is 0.125. The van der Waals surface area contributed by atoms with Gasteiger partial charge in [0, 0.05) is 27.8 Å². The van der Waals surface area contributed by atoms with Gasteiger partial charge in [-0.1, -0.05) is 17.7 Å². The van der Waals surface area contributed by atoms with E-state index in [2.05, 4.69) is 5.32 Å². The molecule has 1 aromatic heterocycles. The lowest BCUT2D eigenvalue weighted by Gasteiger charge is -2.12. The Morgan fingerprint density at radius 2 is 1.85 bits per heavy atom. The van der Waals surface area contributed by atoms with Crippen molar-refractivity contribution in [3.63, 3.8) is 0 Å². The molecule has 9 heteroatoms. The molecule has 0 radical (unpaired) electrons. The number of aromatic nitrogens is 1. The summed E-state index contributed by atoms with van der Waals surface area (Å²) in [6, 6.07) is 14.7. The summed E-state index contributed by atoms with van der Waals surface area (Å²) in [6.07, 6.45) is 1.66. The molecule has 2 aromatic carbocycles. The highest BCUT2D eigenvalue weighted by atomic mass is 35.5. The van der Waals surface area contributed by atoms with Crippen molar-refractivity contribution < 1.29 is 18.8 Å². The summed E-state index contributed by atoms with van der Waals surface area (Å²) in [5.74, 6) is -1.64. The number of amides is 3. The van der Waals surface area contributed by atoms with E-state index in [0.29, 0.717) is 5.02 Å². The largest absolute Gasteiger partial charge is 0.324 e. The minimum atomic E-state index is -0.593. The molecule has 1 fully saturated rings. The number of thioether (sulfide) groups is 1. The van der Waals surface area contributed by atoms with Crippen LogP contribution in [0.2, 0.25) is 5.02 Å². The first-order valence-electron chi connectivity index (χ1n) is 9.98. The van der Waals surface area contributed by atoms with Gasteiger partial charge in [0.05, 0.1) is 4.91 Å². The Hall–Kier alpha value is -3.36. The van der Waals surface area contributed by atoms with Crippen LogP contribution < -0.4 is 5.32 Å². The minimum absolute atomic E-state index is 0.231. The van der Waals surface area contributed by atoms with E-state index in [1.165, 1.54) is 18.2 Å². The van der Waals surface area contributed by atoms with Crippen molar-refractivity contribution in [1.29, 1.82) is 0 Å². The summed E-state index contributed by atoms with van der Waals surface area (Å²) < 4.78 is 15.3. The monoisotopic (exact) mass is 483 g/mol. The molecule has 2 heterocycles. The maximum absolute atomic E-state index is 13.3. The number of hydrogen-bond acceptors (Lipinski definition) is 4. The average molecular weight is 484 g/mol. The van der Waals surface area contributed by atoms with Gasteiger partial charge in [-0.05, 0) is 85.8 Å². The summed E-state index contributed by atoms with van der Waals surface area (Å²) >= 11 is 6.77. The molecule has 4 rings (SSSR count). The number of rotatable bonds is 5. The molecule has 1 aliphatic rings. The van der Waals surface area contributed by atoms with Gasteiger partial charge < -0.3 is 9.88 Å². The van der Waals surface area contributed by atoms with E-state index >= 15 is 0 Å². The first-order chi connectivity index (χ1) is 15.7. The highest BCUT2D eigenvalue weighted by molar-refractivity contribution is 8.18. The van der Waals surface area contributed by atoms with Crippen molar-refractivity contribution in [1.82, 2.24) is 9.47 Å². The Morgan fingerprint density at radius 1 is 1.12 bits per heavy atom. The molecule has 3 amide bonds. The van der Waals surface area contributed by atoms with Crippen molar-refractivity contribution in [2.45, 2.75) is 13.8 Å². The lowest BCUT2D eigenvalue weighted by molar-refractivity contribution is -0.127. The van der Waals surface area contributed by atoms with Crippen LogP contribution in [0.5, 0.6) is 0 Å². The van der Waals surface area contributed by atoms with E-state index in [9.17, 15) is 18.8 Å². The predicted molar refractivity (Wildman–Crippen MR) is 128 cm³/mol. The molecule has 168 valence electrons. The number of carbonyl (C=O) groups is 3. The van der Waals surface area contributed by atoms with Crippen LogP contribution in [0.4, 0.5) is 14.9 Å². The third-order valence-corrected chi connectivity index (χ3v) is 6.28. The molecule has 0 spiro atoms. The predicted octanol–water partition coefficient (Wildman–Crippen LogP) is 5.56. The first kappa shape index (κ1) is 22.8. The third kappa shape index (κ3) is 4.86. The zero-order valence-corrected chi connectivity index (χ0v) is 19.3. The van der Waals surface area contributed by atoms with Gasteiger partial charge in [-0.2, -0.15) is 0 Å².